The minimum atomic E-state index is -0.218. The molecule has 0 spiro atoms. The van der Waals surface area contributed by atoms with Gasteiger partial charge in [0.2, 0.25) is 0 Å². The van der Waals surface area contributed by atoms with Gasteiger partial charge in [-0.1, -0.05) is 0 Å². The minimum Gasteiger partial charge on any atom is -0.236 e. The zero-order valence-electron chi connectivity index (χ0n) is 8.95. The first kappa shape index (κ1) is 4.77. The maximum Gasteiger partial charge on any atom is 0.153 e. The summed E-state index contributed by atoms with van der Waals surface area (Å²) in [6, 6.07) is 3.23. The van der Waals surface area contributed by atoms with Crippen LogP contribution in [0.5, 0.6) is 0 Å². The van der Waals surface area contributed by atoms with Crippen LogP contribution in [-0.4, -0.2) is 14.8 Å². The van der Waals surface area contributed by atoms with Crippen molar-refractivity contribution < 1.29 is 4.11 Å². The smallest absolute Gasteiger partial charge is 0.153 e. The molecule has 0 radical (unpaired) electrons. The standard InChI is InChI=1S/C8H6BrN3/c9-7-2-3-8(10-6-7)12-5-1-4-11-12/h1-6H/i1D,4D,5D. The lowest BCUT2D eigenvalue weighted by Gasteiger charge is -1.98. The lowest BCUT2D eigenvalue weighted by molar-refractivity contribution is 0.846. The Labute approximate surface area is 82.4 Å². The van der Waals surface area contributed by atoms with E-state index in [0.29, 0.717) is 5.82 Å². The summed E-state index contributed by atoms with van der Waals surface area (Å²) in [6.45, 7) is 0. The van der Waals surface area contributed by atoms with Gasteiger partial charge in [0.1, 0.15) is 0 Å². The Kier molecular flexibility index (Phi) is 1.22. The molecule has 2 heterocycles. The van der Waals surface area contributed by atoms with Crippen LogP contribution < -0.4 is 0 Å². The van der Waals surface area contributed by atoms with Gasteiger partial charge in [-0.3, -0.25) is 0 Å². The highest BCUT2D eigenvalue weighted by atomic mass is 79.9. The molecule has 0 fully saturated rings. The number of aromatic nitrogens is 3. The second-order valence-corrected chi connectivity index (χ2v) is 3.01. The molecule has 2 rings (SSSR count). The first-order valence-corrected chi connectivity index (χ1v) is 4.03. The van der Waals surface area contributed by atoms with Crippen LogP contribution in [0.2, 0.25) is 0 Å². The Balaban J connectivity index is 2.54. The van der Waals surface area contributed by atoms with Crippen molar-refractivity contribution in [3.8, 4) is 5.82 Å². The molecule has 0 bridgehead atoms. The Morgan fingerprint density at radius 1 is 1.50 bits per heavy atom. The number of pyridine rings is 1. The summed E-state index contributed by atoms with van der Waals surface area (Å²) in [5, 5.41) is 3.74. The maximum absolute atomic E-state index is 7.55. The van der Waals surface area contributed by atoms with Gasteiger partial charge < -0.3 is 0 Å². The fraction of sp³-hybridized carbons (Fsp3) is 0. The molecule has 12 heavy (non-hydrogen) atoms. The van der Waals surface area contributed by atoms with E-state index in [2.05, 4.69) is 26.0 Å². The van der Waals surface area contributed by atoms with E-state index in [1.807, 2.05) is 0 Å². The third-order valence-corrected chi connectivity index (χ3v) is 1.77. The fourth-order valence-corrected chi connectivity index (χ4v) is 1.01. The van der Waals surface area contributed by atoms with Gasteiger partial charge in [-0.2, -0.15) is 5.10 Å². The van der Waals surface area contributed by atoms with Gasteiger partial charge in [0, 0.05) is 23.0 Å². The zero-order chi connectivity index (χ0) is 11.0. The highest BCUT2D eigenvalue weighted by Gasteiger charge is 1.95. The highest BCUT2D eigenvalue weighted by Crippen LogP contribution is 2.09. The van der Waals surface area contributed by atoms with E-state index in [9.17, 15) is 0 Å². The van der Waals surface area contributed by atoms with Gasteiger partial charge in [-0.25, -0.2) is 9.67 Å². The van der Waals surface area contributed by atoms with Crippen LogP contribution in [0, 0.1) is 0 Å². The molecule has 0 saturated carbocycles. The molecule has 2 aromatic rings. The zero-order valence-corrected chi connectivity index (χ0v) is 7.54. The van der Waals surface area contributed by atoms with Crippen molar-refractivity contribution in [2.75, 3.05) is 0 Å². The molecular formula is C8H6BrN3. The topological polar surface area (TPSA) is 30.7 Å². The molecule has 0 atom stereocenters. The summed E-state index contributed by atoms with van der Waals surface area (Å²) in [6.07, 6.45) is 1.23. The predicted molar refractivity (Wildman–Crippen MR) is 49.1 cm³/mol. The molecule has 0 unspecified atom stereocenters. The molecule has 0 saturated heterocycles. The molecular weight excluding hydrogens is 218 g/mol. The van der Waals surface area contributed by atoms with Crippen LogP contribution in [0.15, 0.2) is 41.2 Å². The van der Waals surface area contributed by atoms with Crippen LogP contribution >= 0.6 is 15.9 Å². The predicted octanol–water partition coefficient (Wildman–Crippen LogP) is 2.03. The molecule has 0 N–H and O–H groups in total. The van der Waals surface area contributed by atoms with E-state index in [1.54, 1.807) is 18.3 Å². The van der Waals surface area contributed by atoms with Gasteiger partial charge in [-0.15, -0.1) is 0 Å². The summed E-state index contributed by atoms with van der Waals surface area (Å²) in [5.41, 5.74) is 0. The van der Waals surface area contributed by atoms with Gasteiger partial charge in [0.25, 0.3) is 0 Å². The molecule has 0 amide bonds. The Bertz CT molecular complexity index is 495. The van der Waals surface area contributed by atoms with Crippen LogP contribution in [0.1, 0.15) is 4.11 Å². The molecule has 0 aliphatic rings. The molecule has 4 heteroatoms. The average Bonchev–Trinajstić information content (AvgIpc) is 2.47. The lowest BCUT2D eigenvalue weighted by Crippen LogP contribution is -1.96. The molecule has 0 aliphatic heterocycles. The van der Waals surface area contributed by atoms with E-state index < -0.39 is 0 Å². The number of halogens is 1. The Morgan fingerprint density at radius 3 is 3.00 bits per heavy atom. The van der Waals surface area contributed by atoms with Crippen LogP contribution in [0.3, 0.4) is 0 Å². The van der Waals surface area contributed by atoms with Gasteiger partial charge in [0.15, 0.2) is 5.82 Å². The number of nitrogens with zero attached hydrogens (tertiary/aromatic N) is 3. The first-order valence-electron chi connectivity index (χ1n) is 4.74. The molecule has 60 valence electrons. The van der Waals surface area contributed by atoms with Crippen LogP contribution in [0.4, 0.5) is 0 Å². The second-order valence-electron chi connectivity index (χ2n) is 2.10. The Morgan fingerprint density at radius 2 is 2.42 bits per heavy atom. The molecule has 0 aliphatic carbocycles. The van der Waals surface area contributed by atoms with E-state index >= 15 is 0 Å². The molecule has 3 nitrogen and oxygen atoms in total. The van der Waals surface area contributed by atoms with Crippen molar-refractivity contribution in [1.82, 2.24) is 14.8 Å². The van der Waals surface area contributed by atoms with Crippen molar-refractivity contribution in [3.63, 3.8) is 0 Å². The lowest BCUT2D eigenvalue weighted by atomic mass is 10.5. The van der Waals surface area contributed by atoms with E-state index in [0.717, 1.165) is 9.15 Å². The minimum absolute atomic E-state index is 0.130. The number of rotatable bonds is 1. The van der Waals surface area contributed by atoms with Crippen LogP contribution in [-0.2, 0) is 0 Å². The second kappa shape index (κ2) is 3.06. The Hall–Kier alpha value is -1.16. The quantitative estimate of drug-likeness (QED) is 0.746. The average molecular weight is 227 g/mol. The van der Waals surface area contributed by atoms with Crippen LogP contribution in [0.25, 0.3) is 5.82 Å². The summed E-state index contributed by atoms with van der Waals surface area (Å²) >= 11 is 3.24. The third-order valence-electron chi connectivity index (χ3n) is 1.30. The van der Waals surface area contributed by atoms with Crippen molar-refractivity contribution in [2.45, 2.75) is 0 Å². The van der Waals surface area contributed by atoms with E-state index in [1.165, 1.54) is 0 Å². The third kappa shape index (κ3) is 1.38. The molecule has 2 aromatic heterocycles. The number of hydrogen-bond acceptors (Lipinski definition) is 2. The van der Waals surface area contributed by atoms with Crippen molar-refractivity contribution in [3.05, 3.63) is 41.2 Å². The van der Waals surface area contributed by atoms with Gasteiger partial charge in [0.05, 0.1) is 4.11 Å². The normalized spacial score (nSPS) is 13.6. The monoisotopic (exact) mass is 226 g/mol. The highest BCUT2D eigenvalue weighted by molar-refractivity contribution is 9.10. The van der Waals surface area contributed by atoms with Gasteiger partial charge in [-0.05, 0) is 34.1 Å². The summed E-state index contributed by atoms with van der Waals surface area (Å²) in [4.78, 5) is 4.03. The van der Waals surface area contributed by atoms with E-state index in [4.69, 9.17) is 4.11 Å². The fourth-order valence-electron chi connectivity index (χ4n) is 0.780. The van der Waals surface area contributed by atoms with Crippen molar-refractivity contribution >= 4 is 15.9 Å². The summed E-state index contributed by atoms with van der Waals surface area (Å²) < 4.78 is 24.2. The van der Waals surface area contributed by atoms with Gasteiger partial charge >= 0.3 is 0 Å². The number of hydrogen-bond donors (Lipinski definition) is 0. The SMILES string of the molecule is [2H]c1nn(-c2ccc(Br)cn2)c([2H])c1[2H]. The largest absolute Gasteiger partial charge is 0.236 e. The summed E-state index contributed by atoms with van der Waals surface area (Å²) in [5.74, 6) is 0.426. The van der Waals surface area contributed by atoms with Crippen molar-refractivity contribution in [2.24, 2.45) is 0 Å². The van der Waals surface area contributed by atoms with Crippen molar-refractivity contribution in [1.29, 1.82) is 0 Å². The molecule has 0 aromatic carbocycles. The maximum atomic E-state index is 7.55. The summed E-state index contributed by atoms with van der Waals surface area (Å²) in [7, 11) is 0. The first-order chi connectivity index (χ1) is 7.09. The van der Waals surface area contributed by atoms with E-state index in [-0.39, 0.29) is 18.4 Å².